The highest BCUT2D eigenvalue weighted by atomic mass is 16.5. The number of hydrogen-bond donors (Lipinski definition) is 2. The standard InChI is InChI=1S/C17H27NO3/c1-13(2)8-6-4-5-7-11-18-17(20)14-9-10-16(21-3)15(19)12-14/h9-10,12-13,19H,4-8,11H2,1-3H3,(H,18,20). The van der Waals surface area contributed by atoms with Gasteiger partial charge in [-0.1, -0.05) is 39.5 Å². The van der Waals surface area contributed by atoms with E-state index in [1.165, 1.54) is 32.4 Å². The SMILES string of the molecule is COc1ccc(C(=O)NCCCCCCC(C)C)cc1O. The third kappa shape index (κ3) is 6.52. The van der Waals surface area contributed by atoms with E-state index in [-0.39, 0.29) is 11.7 Å². The van der Waals surface area contributed by atoms with E-state index < -0.39 is 0 Å². The Bertz CT molecular complexity index is 444. The van der Waals surface area contributed by atoms with Crippen LogP contribution < -0.4 is 10.1 Å². The molecule has 1 aromatic rings. The fraction of sp³-hybridized carbons (Fsp3) is 0.588. The molecule has 0 spiro atoms. The molecule has 0 fully saturated rings. The van der Waals surface area contributed by atoms with Gasteiger partial charge in [0, 0.05) is 12.1 Å². The third-order valence-electron chi connectivity index (χ3n) is 3.43. The Labute approximate surface area is 127 Å². The molecule has 4 heteroatoms. The zero-order chi connectivity index (χ0) is 15.7. The summed E-state index contributed by atoms with van der Waals surface area (Å²) in [5.41, 5.74) is 0.452. The largest absolute Gasteiger partial charge is 0.504 e. The summed E-state index contributed by atoms with van der Waals surface area (Å²) in [6, 6.07) is 4.67. The lowest BCUT2D eigenvalue weighted by Gasteiger charge is -2.08. The Balaban J connectivity index is 2.23. The first-order chi connectivity index (χ1) is 10.0. The molecule has 0 aromatic heterocycles. The van der Waals surface area contributed by atoms with Crippen LogP contribution in [-0.4, -0.2) is 24.7 Å². The van der Waals surface area contributed by atoms with Crippen LogP contribution in [0.4, 0.5) is 0 Å². The summed E-state index contributed by atoms with van der Waals surface area (Å²) in [4.78, 5) is 11.9. The van der Waals surface area contributed by atoms with E-state index in [1.54, 1.807) is 12.1 Å². The molecule has 0 atom stereocenters. The van der Waals surface area contributed by atoms with Crippen molar-refractivity contribution in [3.63, 3.8) is 0 Å². The van der Waals surface area contributed by atoms with Gasteiger partial charge in [0.05, 0.1) is 7.11 Å². The molecule has 0 saturated heterocycles. The fourth-order valence-electron chi connectivity index (χ4n) is 2.17. The van der Waals surface area contributed by atoms with E-state index in [0.717, 1.165) is 18.8 Å². The number of hydrogen-bond acceptors (Lipinski definition) is 3. The molecule has 0 bridgehead atoms. The van der Waals surface area contributed by atoms with Gasteiger partial charge in [0.1, 0.15) is 0 Å². The zero-order valence-corrected chi connectivity index (χ0v) is 13.3. The average Bonchev–Trinajstić information content (AvgIpc) is 2.45. The van der Waals surface area contributed by atoms with Crippen LogP contribution in [0.25, 0.3) is 0 Å². The number of amides is 1. The minimum absolute atomic E-state index is 0.0150. The molecule has 0 unspecified atom stereocenters. The Hall–Kier alpha value is -1.71. The summed E-state index contributed by atoms with van der Waals surface area (Å²) >= 11 is 0. The predicted octanol–water partition coefficient (Wildman–Crippen LogP) is 3.74. The van der Waals surface area contributed by atoms with E-state index >= 15 is 0 Å². The van der Waals surface area contributed by atoms with Gasteiger partial charge in [-0.25, -0.2) is 0 Å². The number of phenols is 1. The maximum absolute atomic E-state index is 11.9. The maximum atomic E-state index is 11.9. The van der Waals surface area contributed by atoms with Crippen molar-refractivity contribution in [1.82, 2.24) is 5.32 Å². The summed E-state index contributed by atoms with van der Waals surface area (Å²) in [6.07, 6.45) is 5.89. The normalized spacial score (nSPS) is 10.7. The monoisotopic (exact) mass is 293 g/mol. The number of ether oxygens (including phenoxy) is 1. The van der Waals surface area contributed by atoms with Crippen LogP contribution in [0.15, 0.2) is 18.2 Å². The number of phenolic OH excluding ortho intramolecular Hbond substituents is 1. The lowest BCUT2D eigenvalue weighted by atomic mass is 10.0. The first-order valence-electron chi connectivity index (χ1n) is 7.69. The predicted molar refractivity (Wildman–Crippen MR) is 84.9 cm³/mol. The van der Waals surface area contributed by atoms with Gasteiger partial charge in [-0.3, -0.25) is 4.79 Å². The second-order valence-corrected chi connectivity index (χ2v) is 5.74. The lowest BCUT2D eigenvalue weighted by Crippen LogP contribution is -2.24. The number of aromatic hydroxyl groups is 1. The number of rotatable bonds is 9. The van der Waals surface area contributed by atoms with Gasteiger partial charge in [0.15, 0.2) is 11.5 Å². The number of carbonyl (C=O) groups excluding carboxylic acids is 1. The topological polar surface area (TPSA) is 58.6 Å². The summed E-state index contributed by atoms with van der Waals surface area (Å²) in [6.45, 7) is 5.16. The minimum Gasteiger partial charge on any atom is -0.504 e. The van der Waals surface area contributed by atoms with Crippen LogP contribution in [0.3, 0.4) is 0 Å². The molecule has 118 valence electrons. The summed E-state index contributed by atoms with van der Waals surface area (Å²) < 4.78 is 4.95. The van der Waals surface area contributed by atoms with Gasteiger partial charge in [-0.05, 0) is 30.5 Å². The van der Waals surface area contributed by atoms with Crippen molar-refractivity contribution in [3.05, 3.63) is 23.8 Å². The number of carbonyl (C=O) groups is 1. The Morgan fingerprint density at radius 2 is 1.95 bits per heavy atom. The van der Waals surface area contributed by atoms with Gasteiger partial charge in [-0.15, -0.1) is 0 Å². The van der Waals surface area contributed by atoms with Crippen LogP contribution in [0, 0.1) is 5.92 Å². The van der Waals surface area contributed by atoms with Gasteiger partial charge >= 0.3 is 0 Å². The molecular formula is C17H27NO3. The van der Waals surface area contributed by atoms with Crippen LogP contribution >= 0.6 is 0 Å². The first kappa shape index (κ1) is 17.3. The minimum atomic E-state index is -0.157. The van der Waals surface area contributed by atoms with Crippen LogP contribution in [0.2, 0.25) is 0 Å². The maximum Gasteiger partial charge on any atom is 0.251 e. The molecule has 1 aromatic carbocycles. The van der Waals surface area contributed by atoms with E-state index in [2.05, 4.69) is 19.2 Å². The van der Waals surface area contributed by atoms with Crippen molar-refractivity contribution < 1.29 is 14.6 Å². The molecule has 0 heterocycles. The Morgan fingerprint density at radius 1 is 1.24 bits per heavy atom. The summed E-state index contributed by atoms with van der Waals surface area (Å²) in [5, 5.41) is 12.5. The van der Waals surface area contributed by atoms with Gasteiger partial charge in [0.25, 0.3) is 5.91 Å². The molecule has 21 heavy (non-hydrogen) atoms. The van der Waals surface area contributed by atoms with Crippen molar-refractivity contribution in [2.45, 2.75) is 46.0 Å². The molecular weight excluding hydrogens is 266 g/mol. The zero-order valence-electron chi connectivity index (χ0n) is 13.3. The van der Waals surface area contributed by atoms with Crippen molar-refractivity contribution in [3.8, 4) is 11.5 Å². The van der Waals surface area contributed by atoms with Crippen molar-refractivity contribution in [2.75, 3.05) is 13.7 Å². The van der Waals surface area contributed by atoms with E-state index in [9.17, 15) is 9.90 Å². The molecule has 0 aliphatic rings. The fourth-order valence-corrected chi connectivity index (χ4v) is 2.17. The quantitative estimate of drug-likeness (QED) is 0.682. The highest BCUT2D eigenvalue weighted by Crippen LogP contribution is 2.26. The molecule has 0 aliphatic heterocycles. The van der Waals surface area contributed by atoms with E-state index in [4.69, 9.17) is 4.74 Å². The highest BCUT2D eigenvalue weighted by molar-refractivity contribution is 5.94. The van der Waals surface area contributed by atoms with Crippen molar-refractivity contribution >= 4 is 5.91 Å². The van der Waals surface area contributed by atoms with Crippen molar-refractivity contribution in [1.29, 1.82) is 0 Å². The van der Waals surface area contributed by atoms with E-state index in [0.29, 0.717) is 17.9 Å². The number of unbranched alkanes of at least 4 members (excludes halogenated alkanes) is 3. The third-order valence-corrected chi connectivity index (χ3v) is 3.43. The van der Waals surface area contributed by atoms with Crippen LogP contribution in [-0.2, 0) is 0 Å². The van der Waals surface area contributed by atoms with Crippen LogP contribution in [0.1, 0.15) is 56.3 Å². The second-order valence-electron chi connectivity index (χ2n) is 5.74. The molecule has 2 N–H and O–H groups in total. The van der Waals surface area contributed by atoms with Gasteiger partial charge < -0.3 is 15.2 Å². The molecule has 1 amide bonds. The molecule has 0 radical (unpaired) electrons. The molecule has 0 saturated carbocycles. The lowest BCUT2D eigenvalue weighted by molar-refractivity contribution is 0.0952. The average molecular weight is 293 g/mol. The van der Waals surface area contributed by atoms with Crippen LogP contribution in [0.5, 0.6) is 11.5 Å². The Morgan fingerprint density at radius 3 is 2.57 bits per heavy atom. The first-order valence-corrected chi connectivity index (χ1v) is 7.69. The smallest absolute Gasteiger partial charge is 0.251 e. The molecule has 1 rings (SSSR count). The van der Waals surface area contributed by atoms with E-state index in [1.807, 2.05) is 0 Å². The molecule has 4 nitrogen and oxygen atoms in total. The number of nitrogens with one attached hydrogen (secondary N) is 1. The highest BCUT2D eigenvalue weighted by Gasteiger charge is 2.08. The number of methoxy groups -OCH3 is 1. The van der Waals surface area contributed by atoms with Gasteiger partial charge in [0.2, 0.25) is 0 Å². The van der Waals surface area contributed by atoms with Crippen molar-refractivity contribution in [2.24, 2.45) is 5.92 Å². The summed E-state index contributed by atoms with van der Waals surface area (Å²) in [7, 11) is 1.48. The Kier molecular flexibility index (Phi) is 7.65. The molecule has 0 aliphatic carbocycles. The number of benzene rings is 1. The second kappa shape index (κ2) is 9.27. The van der Waals surface area contributed by atoms with Gasteiger partial charge in [-0.2, -0.15) is 0 Å². The summed E-state index contributed by atoms with van der Waals surface area (Å²) in [5.74, 6) is 0.970.